The van der Waals surface area contributed by atoms with Gasteiger partial charge in [0, 0.05) is 19.3 Å². The lowest BCUT2D eigenvalue weighted by molar-refractivity contribution is -0.167. The van der Waals surface area contributed by atoms with Gasteiger partial charge >= 0.3 is 17.9 Å². The molecule has 6 nitrogen and oxygen atoms in total. The number of allylic oxidation sites excluding steroid dienone is 16. The van der Waals surface area contributed by atoms with E-state index in [1.54, 1.807) is 0 Å². The van der Waals surface area contributed by atoms with Crippen LogP contribution in [-0.2, 0) is 28.6 Å². The highest BCUT2D eigenvalue weighted by Crippen LogP contribution is 2.16. The van der Waals surface area contributed by atoms with Gasteiger partial charge in [-0.1, -0.05) is 279 Å². The summed E-state index contributed by atoms with van der Waals surface area (Å²) in [6.45, 7) is 6.52. The van der Waals surface area contributed by atoms with Crippen molar-refractivity contribution in [3.05, 3.63) is 97.2 Å². The monoisotopic (exact) mass is 1040 g/mol. The summed E-state index contributed by atoms with van der Waals surface area (Å²) >= 11 is 0. The van der Waals surface area contributed by atoms with Gasteiger partial charge in [0.1, 0.15) is 13.2 Å². The fraction of sp³-hybridized carbons (Fsp3) is 0.725. The lowest BCUT2D eigenvalue weighted by atomic mass is 10.0. The number of ether oxygens (including phenoxy) is 3. The van der Waals surface area contributed by atoms with E-state index in [0.29, 0.717) is 19.3 Å². The van der Waals surface area contributed by atoms with Crippen LogP contribution in [0.15, 0.2) is 97.2 Å². The Morgan fingerprint density at radius 3 is 0.840 bits per heavy atom. The molecule has 0 saturated heterocycles. The summed E-state index contributed by atoms with van der Waals surface area (Å²) < 4.78 is 16.9. The summed E-state index contributed by atoms with van der Waals surface area (Å²) in [5, 5.41) is 0. The molecule has 0 saturated carbocycles. The van der Waals surface area contributed by atoms with E-state index < -0.39 is 6.10 Å². The third-order valence-electron chi connectivity index (χ3n) is 13.6. The lowest BCUT2D eigenvalue weighted by Gasteiger charge is -2.18. The zero-order valence-corrected chi connectivity index (χ0v) is 49.3. The van der Waals surface area contributed by atoms with E-state index >= 15 is 0 Å². The number of rotatable bonds is 57. The predicted octanol–water partition coefficient (Wildman–Crippen LogP) is 21.7. The summed E-state index contributed by atoms with van der Waals surface area (Å²) in [6.07, 6.45) is 84.1. The molecule has 0 aliphatic rings. The highest BCUT2D eigenvalue weighted by Gasteiger charge is 2.19. The minimum absolute atomic E-state index is 0.0826. The van der Waals surface area contributed by atoms with Crippen molar-refractivity contribution in [1.82, 2.24) is 0 Å². The van der Waals surface area contributed by atoms with Crippen LogP contribution in [0.5, 0.6) is 0 Å². The van der Waals surface area contributed by atoms with Crippen LogP contribution in [0.25, 0.3) is 0 Å². The summed E-state index contributed by atoms with van der Waals surface area (Å²) in [4.78, 5) is 38.2. The van der Waals surface area contributed by atoms with E-state index in [1.165, 1.54) is 148 Å². The number of carbonyl (C=O) groups is 3. The Morgan fingerprint density at radius 2 is 0.520 bits per heavy atom. The van der Waals surface area contributed by atoms with Gasteiger partial charge < -0.3 is 14.2 Å². The SMILES string of the molecule is CC/C=C\C/C=C\C/C=C\C/C=C\C/C=C\C/C=C\C/C=C\CCCCCCCCCC(=O)OCC(COC(=O)CCCCCCC/C=C\CCCCCC)OC(=O)CCCCCCCCCCCCCCCCC. The van der Waals surface area contributed by atoms with Crippen LogP contribution in [0, 0.1) is 0 Å². The molecule has 0 bridgehead atoms. The number of hydrogen-bond donors (Lipinski definition) is 0. The normalized spacial score (nSPS) is 12.7. The number of carbonyl (C=O) groups excluding carboxylic acids is 3. The first-order chi connectivity index (χ1) is 37.0. The van der Waals surface area contributed by atoms with E-state index in [0.717, 1.165) is 116 Å². The van der Waals surface area contributed by atoms with Crippen LogP contribution in [-0.4, -0.2) is 37.2 Å². The van der Waals surface area contributed by atoms with Crippen molar-refractivity contribution >= 4 is 17.9 Å². The van der Waals surface area contributed by atoms with Gasteiger partial charge in [-0.25, -0.2) is 0 Å². The molecule has 0 rings (SSSR count). The minimum Gasteiger partial charge on any atom is -0.462 e. The molecule has 1 unspecified atom stereocenters. The van der Waals surface area contributed by atoms with Crippen molar-refractivity contribution in [3.63, 3.8) is 0 Å². The molecule has 0 aromatic rings. The summed E-state index contributed by atoms with van der Waals surface area (Å²) in [6, 6.07) is 0. The van der Waals surface area contributed by atoms with Gasteiger partial charge in [-0.3, -0.25) is 14.4 Å². The highest BCUT2D eigenvalue weighted by atomic mass is 16.6. The van der Waals surface area contributed by atoms with Crippen molar-refractivity contribution in [3.8, 4) is 0 Å². The largest absolute Gasteiger partial charge is 0.462 e. The Hall–Kier alpha value is -3.67. The third kappa shape index (κ3) is 61.1. The third-order valence-corrected chi connectivity index (χ3v) is 13.6. The summed E-state index contributed by atoms with van der Waals surface area (Å²) in [7, 11) is 0. The van der Waals surface area contributed by atoms with Crippen LogP contribution >= 0.6 is 0 Å². The molecule has 0 amide bonds. The van der Waals surface area contributed by atoms with Gasteiger partial charge in [0.05, 0.1) is 0 Å². The van der Waals surface area contributed by atoms with Gasteiger partial charge in [0.15, 0.2) is 6.10 Å². The molecule has 0 fully saturated rings. The van der Waals surface area contributed by atoms with Crippen molar-refractivity contribution in [2.24, 2.45) is 0 Å². The van der Waals surface area contributed by atoms with E-state index in [2.05, 4.69) is 118 Å². The topological polar surface area (TPSA) is 78.9 Å². The van der Waals surface area contributed by atoms with Crippen LogP contribution in [0.3, 0.4) is 0 Å². The zero-order valence-electron chi connectivity index (χ0n) is 49.3. The Labute approximate surface area is 464 Å². The molecule has 0 aliphatic heterocycles. The Kier molecular flexibility index (Phi) is 59.8. The van der Waals surface area contributed by atoms with Gasteiger partial charge in [0.25, 0.3) is 0 Å². The van der Waals surface area contributed by atoms with Crippen molar-refractivity contribution in [2.45, 2.75) is 309 Å². The quantitative estimate of drug-likeness (QED) is 0.0261. The average molecular weight is 1040 g/mol. The first-order valence-electron chi connectivity index (χ1n) is 31.7. The Bertz CT molecular complexity index is 1480. The molecule has 75 heavy (non-hydrogen) atoms. The standard InChI is InChI=1S/C69H118O6/c1-4-7-10-13-16-19-22-25-27-28-29-30-31-32-33-34-35-36-37-38-39-40-42-44-47-50-53-56-59-62-68(71)74-65-66(64-73-67(70)61-58-55-52-49-46-43-24-21-18-15-12-9-6-3)75-69(72)63-60-57-54-51-48-45-41-26-23-20-17-14-11-8-5-2/h7,10,16,19,21,24-25,27,29-30,32-33,35-36,38-39,66H,4-6,8-9,11-15,17-18,20,22-23,26,28,31,34,37,40-65H2,1-3H3/b10-7-,19-16-,24-21-,27-25-,30-29-,33-32-,36-35-,39-38-. The van der Waals surface area contributed by atoms with Gasteiger partial charge in [-0.2, -0.15) is 0 Å². The van der Waals surface area contributed by atoms with Crippen molar-refractivity contribution in [2.75, 3.05) is 13.2 Å². The van der Waals surface area contributed by atoms with Gasteiger partial charge in [0.2, 0.25) is 0 Å². The molecular formula is C69H118O6. The van der Waals surface area contributed by atoms with Crippen molar-refractivity contribution < 1.29 is 28.6 Å². The van der Waals surface area contributed by atoms with Crippen LogP contribution in [0.2, 0.25) is 0 Å². The Balaban J connectivity index is 4.30. The van der Waals surface area contributed by atoms with E-state index in [-0.39, 0.29) is 31.1 Å². The molecule has 0 radical (unpaired) electrons. The molecule has 6 heteroatoms. The molecule has 0 aromatic carbocycles. The molecule has 430 valence electrons. The highest BCUT2D eigenvalue weighted by molar-refractivity contribution is 5.71. The summed E-state index contributed by atoms with van der Waals surface area (Å²) in [5.74, 6) is -0.891. The predicted molar refractivity (Wildman–Crippen MR) is 325 cm³/mol. The number of hydrogen-bond acceptors (Lipinski definition) is 6. The van der Waals surface area contributed by atoms with Gasteiger partial charge in [-0.05, 0) is 103 Å². The smallest absolute Gasteiger partial charge is 0.306 e. The fourth-order valence-corrected chi connectivity index (χ4v) is 8.83. The molecule has 0 heterocycles. The zero-order chi connectivity index (χ0) is 54.3. The van der Waals surface area contributed by atoms with E-state index in [9.17, 15) is 14.4 Å². The molecule has 0 aliphatic carbocycles. The van der Waals surface area contributed by atoms with Crippen LogP contribution < -0.4 is 0 Å². The van der Waals surface area contributed by atoms with Crippen molar-refractivity contribution in [1.29, 1.82) is 0 Å². The number of esters is 3. The van der Waals surface area contributed by atoms with Crippen LogP contribution in [0.1, 0.15) is 303 Å². The molecule has 0 spiro atoms. The minimum atomic E-state index is -0.784. The first kappa shape index (κ1) is 71.3. The maximum Gasteiger partial charge on any atom is 0.306 e. The summed E-state index contributed by atoms with van der Waals surface area (Å²) in [5.41, 5.74) is 0. The second-order valence-corrected chi connectivity index (χ2v) is 20.9. The molecular weight excluding hydrogens is 925 g/mol. The second kappa shape index (κ2) is 62.9. The van der Waals surface area contributed by atoms with E-state index in [1.807, 2.05) is 0 Å². The van der Waals surface area contributed by atoms with Gasteiger partial charge in [-0.15, -0.1) is 0 Å². The first-order valence-corrected chi connectivity index (χ1v) is 31.7. The average Bonchev–Trinajstić information content (AvgIpc) is 3.41. The second-order valence-electron chi connectivity index (χ2n) is 20.9. The molecule has 0 aromatic heterocycles. The number of unbranched alkanes of at least 4 members (excludes halogenated alkanes) is 30. The maximum absolute atomic E-state index is 12.9. The van der Waals surface area contributed by atoms with Crippen LogP contribution in [0.4, 0.5) is 0 Å². The maximum atomic E-state index is 12.9. The fourth-order valence-electron chi connectivity index (χ4n) is 8.83. The van der Waals surface area contributed by atoms with E-state index in [4.69, 9.17) is 14.2 Å². The Morgan fingerprint density at radius 1 is 0.280 bits per heavy atom. The lowest BCUT2D eigenvalue weighted by Crippen LogP contribution is -2.30. The molecule has 0 N–H and O–H groups in total. The molecule has 1 atom stereocenters.